The number of anilines is 2. The molecule has 0 saturated heterocycles. The van der Waals surface area contributed by atoms with Crippen LogP contribution >= 0.6 is 11.8 Å². The predicted octanol–water partition coefficient (Wildman–Crippen LogP) is 5.58. The number of nitrogens with one attached hydrogen (secondary N) is 1. The Morgan fingerprint density at radius 1 is 1.00 bits per heavy atom. The molecule has 2 aromatic rings. The van der Waals surface area contributed by atoms with E-state index < -0.39 is 0 Å². The second-order valence-corrected chi connectivity index (χ2v) is 10.9. The quantitative estimate of drug-likeness (QED) is 0.692. The van der Waals surface area contributed by atoms with Gasteiger partial charge in [-0.05, 0) is 86.6 Å². The van der Waals surface area contributed by atoms with Gasteiger partial charge in [-0.15, -0.1) is 0 Å². The Hall–Kier alpha value is -2.27. The van der Waals surface area contributed by atoms with Gasteiger partial charge in [-0.25, -0.2) is 0 Å². The zero-order valence-corrected chi connectivity index (χ0v) is 18.0. The van der Waals surface area contributed by atoms with Crippen LogP contribution in [0.5, 0.6) is 0 Å². The lowest BCUT2D eigenvalue weighted by atomic mass is 9.49. The summed E-state index contributed by atoms with van der Waals surface area (Å²) in [7, 11) is 1.82. The highest BCUT2D eigenvalue weighted by Crippen LogP contribution is 2.60. The van der Waals surface area contributed by atoms with E-state index in [1.54, 1.807) is 16.7 Å². The Balaban J connectivity index is 1.30. The van der Waals surface area contributed by atoms with Crippen molar-refractivity contribution in [3.05, 3.63) is 48.0 Å². The Morgan fingerprint density at radius 2 is 1.67 bits per heavy atom. The van der Waals surface area contributed by atoms with Crippen molar-refractivity contribution in [2.45, 2.75) is 48.3 Å². The number of fused-ring (bicyclic) bond motifs is 2. The highest BCUT2D eigenvalue weighted by molar-refractivity contribution is 7.99. The number of benzene rings is 2. The SMILES string of the molecule is CN1C(=O)c2ccccc2Sc2cc(NC(=O)C34CC5CC(CC(C5)C3)C4)ccc21. The van der Waals surface area contributed by atoms with Crippen LogP contribution in [0.3, 0.4) is 0 Å². The van der Waals surface area contributed by atoms with Crippen molar-refractivity contribution >= 4 is 35.0 Å². The standard InChI is InChI=1S/C25H26N2O2S/c1-27-20-7-6-18(11-22(20)30-21-5-3-2-4-19(21)23(27)28)26-24(29)25-12-15-8-16(13-25)10-17(9-15)14-25/h2-7,11,15-17H,8-10,12-14H2,1H3,(H,26,29). The van der Waals surface area contributed by atoms with Gasteiger partial charge in [0.25, 0.3) is 5.91 Å². The lowest BCUT2D eigenvalue weighted by Crippen LogP contribution is -2.51. The summed E-state index contributed by atoms with van der Waals surface area (Å²) in [5.74, 6) is 2.47. The first kappa shape index (κ1) is 18.5. The molecule has 0 unspecified atom stereocenters. The minimum atomic E-state index is -0.159. The Kier molecular flexibility index (Phi) is 4.08. The average Bonchev–Trinajstić information content (AvgIpc) is 2.82. The third-order valence-corrected chi connectivity index (χ3v) is 8.86. The van der Waals surface area contributed by atoms with Crippen molar-refractivity contribution in [3.63, 3.8) is 0 Å². The first-order valence-electron chi connectivity index (χ1n) is 11.0. The van der Waals surface area contributed by atoms with Gasteiger partial charge in [-0.2, -0.15) is 0 Å². The number of carbonyl (C=O) groups excluding carboxylic acids is 2. The molecule has 7 rings (SSSR count). The van der Waals surface area contributed by atoms with Crippen molar-refractivity contribution in [1.29, 1.82) is 0 Å². The van der Waals surface area contributed by atoms with E-state index in [2.05, 4.69) is 5.32 Å². The van der Waals surface area contributed by atoms with Gasteiger partial charge >= 0.3 is 0 Å². The van der Waals surface area contributed by atoms with Crippen LogP contribution < -0.4 is 10.2 Å². The number of amides is 2. The maximum atomic E-state index is 13.4. The molecule has 0 atom stereocenters. The summed E-state index contributed by atoms with van der Waals surface area (Å²) >= 11 is 1.60. The van der Waals surface area contributed by atoms with Gasteiger partial charge < -0.3 is 10.2 Å². The number of carbonyl (C=O) groups is 2. The number of hydrogen-bond acceptors (Lipinski definition) is 3. The van der Waals surface area contributed by atoms with Crippen molar-refractivity contribution < 1.29 is 9.59 Å². The van der Waals surface area contributed by atoms with Crippen LogP contribution in [-0.2, 0) is 4.79 Å². The molecular formula is C25H26N2O2S. The molecule has 5 aliphatic rings. The molecule has 1 aliphatic heterocycles. The third kappa shape index (κ3) is 2.82. The molecule has 4 aliphatic carbocycles. The number of nitrogens with zero attached hydrogens (tertiary/aromatic N) is 1. The monoisotopic (exact) mass is 418 g/mol. The number of hydrogen-bond donors (Lipinski definition) is 1. The van der Waals surface area contributed by atoms with Crippen LogP contribution in [0.2, 0.25) is 0 Å². The first-order valence-corrected chi connectivity index (χ1v) is 11.8. The largest absolute Gasteiger partial charge is 0.326 e. The lowest BCUT2D eigenvalue weighted by Gasteiger charge is -2.55. The predicted molar refractivity (Wildman–Crippen MR) is 119 cm³/mol. The molecular weight excluding hydrogens is 392 g/mol. The summed E-state index contributed by atoms with van der Waals surface area (Å²) in [4.78, 5) is 30.0. The topological polar surface area (TPSA) is 49.4 Å². The van der Waals surface area contributed by atoms with E-state index in [0.29, 0.717) is 0 Å². The molecule has 2 aromatic carbocycles. The molecule has 30 heavy (non-hydrogen) atoms. The second kappa shape index (κ2) is 6.61. The fourth-order valence-electron chi connectivity index (χ4n) is 6.74. The summed E-state index contributed by atoms with van der Waals surface area (Å²) < 4.78 is 0. The lowest BCUT2D eigenvalue weighted by molar-refractivity contribution is -0.140. The third-order valence-electron chi connectivity index (χ3n) is 7.74. The van der Waals surface area contributed by atoms with Gasteiger partial charge in [-0.3, -0.25) is 9.59 Å². The van der Waals surface area contributed by atoms with E-state index in [1.165, 1.54) is 19.3 Å². The molecule has 4 fully saturated rings. The molecule has 0 radical (unpaired) electrons. The smallest absolute Gasteiger partial charge is 0.259 e. The van der Waals surface area contributed by atoms with Crippen LogP contribution in [0.1, 0.15) is 48.9 Å². The molecule has 0 aromatic heterocycles. The van der Waals surface area contributed by atoms with Gasteiger partial charge in [0.2, 0.25) is 5.91 Å². The van der Waals surface area contributed by atoms with Crippen molar-refractivity contribution in [3.8, 4) is 0 Å². The summed E-state index contributed by atoms with van der Waals surface area (Å²) in [6.07, 6.45) is 7.20. The molecule has 4 saturated carbocycles. The van der Waals surface area contributed by atoms with Crippen LogP contribution in [0, 0.1) is 23.2 Å². The Labute approximate surface area is 181 Å². The van der Waals surface area contributed by atoms with Crippen LogP contribution in [0.4, 0.5) is 11.4 Å². The highest BCUT2D eigenvalue weighted by atomic mass is 32.2. The van der Waals surface area contributed by atoms with Gasteiger partial charge in [0.1, 0.15) is 0 Å². The zero-order chi connectivity index (χ0) is 20.5. The van der Waals surface area contributed by atoms with Gasteiger partial charge in [0.05, 0.1) is 16.7 Å². The van der Waals surface area contributed by atoms with E-state index in [9.17, 15) is 9.59 Å². The minimum absolute atomic E-state index is 0.00204. The summed E-state index contributed by atoms with van der Waals surface area (Å²) in [5.41, 5.74) is 2.28. The fraction of sp³-hybridized carbons (Fsp3) is 0.440. The Bertz CT molecular complexity index is 1030. The van der Waals surface area contributed by atoms with Gasteiger partial charge in [0.15, 0.2) is 0 Å². The summed E-state index contributed by atoms with van der Waals surface area (Å²) in [6.45, 7) is 0. The van der Waals surface area contributed by atoms with Crippen LogP contribution in [0.25, 0.3) is 0 Å². The number of rotatable bonds is 2. The maximum Gasteiger partial charge on any atom is 0.259 e. The zero-order valence-electron chi connectivity index (χ0n) is 17.2. The van der Waals surface area contributed by atoms with E-state index in [-0.39, 0.29) is 17.2 Å². The fourth-order valence-corrected chi connectivity index (χ4v) is 7.89. The highest BCUT2D eigenvalue weighted by Gasteiger charge is 2.54. The normalized spacial score (nSPS) is 31.2. The van der Waals surface area contributed by atoms with Crippen molar-refractivity contribution in [2.75, 3.05) is 17.3 Å². The van der Waals surface area contributed by atoms with Gasteiger partial charge in [-0.1, -0.05) is 23.9 Å². The molecule has 1 heterocycles. The molecule has 4 nitrogen and oxygen atoms in total. The molecule has 0 spiro atoms. The molecule has 5 heteroatoms. The van der Waals surface area contributed by atoms with E-state index in [0.717, 1.165) is 63.7 Å². The second-order valence-electron chi connectivity index (χ2n) is 9.80. The van der Waals surface area contributed by atoms with Crippen LogP contribution in [-0.4, -0.2) is 18.9 Å². The van der Waals surface area contributed by atoms with E-state index in [1.807, 2.05) is 49.5 Å². The van der Waals surface area contributed by atoms with Gasteiger partial charge in [0, 0.05) is 22.5 Å². The molecule has 1 N–H and O–H groups in total. The van der Waals surface area contributed by atoms with E-state index >= 15 is 0 Å². The van der Waals surface area contributed by atoms with Crippen molar-refractivity contribution in [2.24, 2.45) is 23.2 Å². The summed E-state index contributed by atoms with van der Waals surface area (Å²) in [5, 5.41) is 3.26. The molecule has 2 amide bonds. The van der Waals surface area contributed by atoms with Crippen LogP contribution in [0.15, 0.2) is 52.3 Å². The molecule has 154 valence electrons. The first-order chi connectivity index (χ1) is 14.5. The van der Waals surface area contributed by atoms with E-state index in [4.69, 9.17) is 0 Å². The maximum absolute atomic E-state index is 13.4. The van der Waals surface area contributed by atoms with Crippen molar-refractivity contribution in [1.82, 2.24) is 0 Å². The Morgan fingerprint density at radius 3 is 2.37 bits per heavy atom. The molecule has 4 bridgehead atoms. The average molecular weight is 419 g/mol. The minimum Gasteiger partial charge on any atom is -0.326 e. The summed E-state index contributed by atoms with van der Waals surface area (Å²) in [6, 6.07) is 13.7.